The molecule has 1 saturated heterocycles. The summed E-state index contributed by atoms with van der Waals surface area (Å²) in [7, 11) is -3.23. The Labute approximate surface area is 140 Å². The van der Waals surface area contributed by atoms with E-state index in [4.69, 9.17) is 0 Å². The number of hydrogen-bond donors (Lipinski definition) is 1. The molecule has 7 heteroatoms. The number of nitrogens with one attached hydrogen (secondary N) is 1. The highest BCUT2D eigenvalue weighted by atomic mass is 79.9. The maximum Gasteiger partial charge on any atom is 0.224 e. The fourth-order valence-electron chi connectivity index (χ4n) is 2.65. The highest BCUT2D eigenvalue weighted by molar-refractivity contribution is 9.10. The van der Waals surface area contributed by atoms with Crippen molar-refractivity contribution in [3.05, 3.63) is 34.3 Å². The molecule has 1 amide bonds. The van der Waals surface area contributed by atoms with Gasteiger partial charge in [0.05, 0.1) is 18.2 Å². The van der Waals surface area contributed by atoms with Gasteiger partial charge < -0.3 is 5.32 Å². The van der Waals surface area contributed by atoms with Crippen LogP contribution in [0.1, 0.15) is 31.4 Å². The van der Waals surface area contributed by atoms with Gasteiger partial charge in [-0.2, -0.15) is 0 Å². The maximum absolute atomic E-state index is 12.4. The van der Waals surface area contributed by atoms with Crippen molar-refractivity contribution in [2.24, 2.45) is 5.92 Å². The van der Waals surface area contributed by atoms with Crippen LogP contribution in [0.5, 0.6) is 0 Å². The topological polar surface area (TPSA) is 66.5 Å². The van der Waals surface area contributed by atoms with Gasteiger partial charge >= 0.3 is 0 Å². The summed E-state index contributed by atoms with van der Waals surface area (Å²) in [6.45, 7) is 2.70. The number of nitrogens with zero attached hydrogens (tertiary/aromatic N) is 1. The van der Waals surface area contributed by atoms with E-state index in [0.29, 0.717) is 6.54 Å². The fourth-order valence-corrected chi connectivity index (χ4v) is 3.98. The molecule has 0 saturated carbocycles. The van der Waals surface area contributed by atoms with Crippen LogP contribution in [0.25, 0.3) is 0 Å². The van der Waals surface area contributed by atoms with Crippen LogP contribution >= 0.6 is 15.9 Å². The number of benzene rings is 1. The minimum Gasteiger partial charge on any atom is -0.349 e. The average Bonchev–Trinajstić information content (AvgIpc) is 2.46. The molecule has 1 heterocycles. The van der Waals surface area contributed by atoms with E-state index >= 15 is 0 Å². The van der Waals surface area contributed by atoms with Crippen molar-refractivity contribution in [3.63, 3.8) is 0 Å². The Kier molecular flexibility index (Phi) is 5.63. The number of sulfonamides is 1. The maximum atomic E-state index is 12.4. The van der Waals surface area contributed by atoms with E-state index in [9.17, 15) is 13.2 Å². The lowest BCUT2D eigenvalue weighted by Gasteiger charge is -2.30. The van der Waals surface area contributed by atoms with Crippen LogP contribution in [-0.4, -0.2) is 38.0 Å². The Bertz CT molecular complexity index is 648. The zero-order valence-electron chi connectivity index (χ0n) is 12.8. The van der Waals surface area contributed by atoms with E-state index in [1.165, 1.54) is 10.6 Å². The molecule has 1 aromatic carbocycles. The van der Waals surface area contributed by atoms with Crippen molar-refractivity contribution >= 4 is 31.9 Å². The van der Waals surface area contributed by atoms with E-state index < -0.39 is 10.0 Å². The third kappa shape index (κ3) is 4.54. The average molecular weight is 389 g/mol. The quantitative estimate of drug-likeness (QED) is 0.860. The van der Waals surface area contributed by atoms with Gasteiger partial charge in [-0.3, -0.25) is 4.79 Å². The molecule has 2 atom stereocenters. The predicted octanol–water partition coefficient (Wildman–Crippen LogP) is 2.30. The second kappa shape index (κ2) is 7.10. The van der Waals surface area contributed by atoms with Gasteiger partial charge in [-0.05, 0) is 37.5 Å². The highest BCUT2D eigenvalue weighted by Crippen LogP contribution is 2.22. The van der Waals surface area contributed by atoms with Crippen LogP contribution in [0.15, 0.2) is 28.7 Å². The van der Waals surface area contributed by atoms with Crippen molar-refractivity contribution in [1.82, 2.24) is 9.62 Å². The summed E-state index contributed by atoms with van der Waals surface area (Å²) in [5.41, 5.74) is 1.01. The molecule has 122 valence electrons. The molecular formula is C15H21BrN2O3S. The van der Waals surface area contributed by atoms with Gasteiger partial charge in [-0.25, -0.2) is 12.7 Å². The first kappa shape index (κ1) is 17.4. The van der Waals surface area contributed by atoms with E-state index in [0.717, 1.165) is 22.9 Å². The molecule has 2 rings (SSSR count). The second-order valence-electron chi connectivity index (χ2n) is 5.75. The van der Waals surface area contributed by atoms with Crippen molar-refractivity contribution < 1.29 is 13.2 Å². The molecule has 0 aromatic heterocycles. The molecule has 5 nitrogen and oxygen atoms in total. The van der Waals surface area contributed by atoms with Crippen molar-refractivity contribution in [2.75, 3.05) is 19.3 Å². The van der Waals surface area contributed by atoms with Gasteiger partial charge in [0.1, 0.15) is 0 Å². The van der Waals surface area contributed by atoms with Gasteiger partial charge in [-0.15, -0.1) is 0 Å². The number of hydrogen-bond acceptors (Lipinski definition) is 3. The van der Waals surface area contributed by atoms with E-state index in [2.05, 4.69) is 21.2 Å². The monoisotopic (exact) mass is 388 g/mol. The van der Waals surface area contributed by atoms with Crippen LogP contribution in [0, 0.1) is 5.92 Å². The van der Waals surface area contributed by atoms with Crippen LogP contribution in [-0.2, 0) is 14.8 Å². The van der Waals surface area contributed by atoms with E-state index in [-0.39, 0.29) is 24.4 Å². The van der Waals surface area contributed by atoms with Crippen LogP contribution in [0.4, 0.5) is 0 Å². The largest absolute Gasteiger partial charge is 0.349 e. The summed E-state index contributed by atoms with van der Waals surface area (Å²) in [5.74, 6) is -0.362. The number of rotatable bonds is 4. The SMILES string of the molecule is CC(NC(=O)C1CCCN(S(C)(=O)=O)C1)c1cccc(Br)c1. The van der Waals surface area contributed by atoms with Gasteiger partial charge in [0, 0.05) is 17.6 Å². The molecule has 22 heavy (non-hydrogen) atoms. The number of piperidine rings is 1. The van der Waals surface area contributed by atoms with Crippen LogP contribution < -0.4 is 5.32 Å². The van der Waals surface area contributed by atoms with Gasteiger partial charge in [0.15, 0.2) is 0 Å². The Morgan fingerprint density at radius 1 is 1.45 bits per heavy atom. The lowest BCUT2D eigenvalue weighted by atomic mass is 9.98. The highest BCUT2D eigenvalue weighted by Gasteiger charge is 2.30. The minimum absolute atomic E-state index is 0.0826. The first-order valence-corrected chi connectivity index (χ1v) is 9.92. The summed E-state index contributed by atoms with van der Waals surface area (Å²) in [4.78, 5) is 12.4. The smallest absolute Gasteiger partial charge is 0.224 e. The Hall–Kier alpha value is -0.920. The Balaban J connectivity index is 1.99. The molecule has 0 radical (unpaired) electrons. The summed E-state index contributed by atoms with van der Waals surface area (Å²) in [6, 6.07) is 7.67. The first-order valence-electron chi connectivity index (χ1n) is 7.28. The molecule has 0 bridgehead atoms. The molecule has 1 aliphatic rings. The summed E-state index contributed by atoms with van der Waals surface area (Å²) < 4.78 is 25.6. The molecule has 1 fully saturated rings. The molecule has 1 N–H and O–H groups in total. The van der Waals surface area contributed by atoms with Gasteiger partial charge in [0.2, 0.25) is 15.9 Å². The summed E-state index contributed by atoms with van der Waals surface area (Å²) in [6.07, 6.45) is 2.64. The third-order valence-corrected chi connectivity index (χ3v) is 5.69. The van der Waals surface area contributed by atoms with Crippen molar-refractivity contribution in [2.45, 2.75) is 25.8 Å². The molecule has 1 aliphatic heterocycles. The molecule has 1 aromatic rings. The number of halogens is 1. The summed E-state index contributed by atoms with van der Waals surface area (Å²) in [5, 5.41) is 2.98. The van der Waals surface area contributed by atoms with Gasteiger partial charge in [-0.1, -0.05) is 28.1 Å². The van der Waals surface area contributed by atoms with Crippen LogP contribution in [0.2, 0.25) is 0 Å². The van der Waals surface area contributed by atoms with E-state index in [1.54, 1.807) is 0 Å². The zero-order chi connectivity index (χ0) is 16.3. The lowest BCUT2D eigenvalue weighted by Crippen LogP contribution is -2.45. The Morgan fingerprint density at radius 2 is 2.18 bits per heavy atom. The Morgan fingerprint density at radius 3 is 2.82 bits per heavy atom. The molecule has 0 aliphatic carbocycles. The number of amides is 1. The van der Waals surface area contributed by atoms with Crippen molar-refractivity contribution in [3.8, 4) is 0 Å². The first-order chi connectivity index (χ1) is 10.3. The number of carbonyl (C=O) groups is 1. The fraction of sp³-hybridized carbons (Fsp3) is 0.533. The molecular weight excluding hydrogens is 368 g/mol. The standard InChI is InChI=1S/C15H21BrN2O3S/c1-11(12-5-3-7-14(16)9-12)17-15(19)13-6-4-8-18(10-13)22(2,20)21/h3,5,7,9,11,13H,4,6,8,10H2,1-2H3,(H,17,19). The second-order valence-corrected chi connectivity index (χ2v) is 8.64. The van der Waals surface area contributed by atoms with Gasteiger partial charge in [0.25, 0.3) is 0 Å². The normalized spacial score (nSPS) is 21.3. The predicted molar refractivity (Wildman–Crippen MR) is 89.8 cm³/mol. The molecule has 2 unspecified atom stereocenters. The zero-order valence-corrected chi connectivity index (χ0v) is 15.2. The van der Waals surface area contributed by atoms with E-state index in [1.807, 2.05) is 31.2 Å². The molecule has 0 spiro atoms. The number of carbonyl (C=O) groups excluding carboxylic acids is 1. The minimum atomic E-state index is -3.23. The lowest BCUT2D eigenvalue weighted by molar-refractivity contribution is -0.126. The van der Waals surface area contributed by atoms with Crippen molar-refractivity contribution in [1.29, 1.82) is 0 Å². The van der Waals surface area contributed by atoms with Crippen LogP contribution in [0.3, 0.4) is 0 Å². The third-order valence-electron chi connectivity index (χ3n) is 3.93. The summed E-state index contributed by atoms with van der Waals surface area (Å²) >= 11 is 3.42.